The molecule has 0 amide bonds. The van der Waals surface area contributed by atoms with E-state index in [9.17, 15) is 9.90 Å². The molecule has 34 heavy (non-hydrogen) atoms. The molecule has 0 unspecified atom stereocenters. The van der Waals surface area contributed by atoms with Crippen molar-refractivity contribution in [3.63, 3.8) is 0 Å². The lowest BCUT2D eigenvalue weighted by Gasteiger charge is -2.26. The zero-order chi connectivity index (χ0) is 24.3. The number of aromatic amines is 1. The molecule has 0 saturated carbocycles. The van der Waals surface area contributed by atoms with Gasteiger partial charge in [0.05, 0.1) is 43.1 Å². The molecule has 3 aromatic heterocycles. The summed E-state index contributed by atoms with van der Waals surface area (Å²) >= 11 is 7.77. The van der Waals surface area contributed by atoms with E-state index in [1.54, 1.807) is 12.3 Å². The number of thiophene rings is 1. The van der Waals surface area contributed by atoms with Crippen molar-refractivity contribution in [2.75, 3.05) is 13.2 Å². The van der Waals surface area contributed by atoms with Crippen LogP contribution in [0.15, 0.2) is 57.3 Å². The first kappa shape index (κ1) is 24.6. The number of nitrogens with one attached hydrogen (secondary N) is 1. The van der Waals surface area contributed by atoms with Gasteiger partial charge < -0.3 is 19.2 Å². The van der Waals surface area contributed by atoms with Gasteiger partial charge in [-0.15, -0.1) is 11.3 Å². The number of nitrogens with zero attached hydrogens (tertiary/aromatic N) is 2. The van der Waals surface area contributed by atoms with Crippen LogP contribution in [0.2, 0.25) is 5.02 Å². The summed E-state index contributed by atoms with van der Waals surface area (Å²) in [5.74, 6) is 1.27. The van der Waals surface area contributed by atoms with Gasteiger partial charge in [0.15, 0.2) is 0 Å². The highest BCUT2D eigenvalue weighted by Crippen LogP contribution is 2.34. The van der Waals surface area contributed by atoms with Crippen molar-refractivity contribution in [2.45, 2.75) is 45.6 Å². The lowest BCUT2D eigenvalue weighted by molar-refractivity contribution is -0.0577. The molecule has 0 fully saturated rings. The highest BCUT2D eigenvalue weighted by Gasteiger charge is 2.20. The molecule has 0 aliphatic carbocycles. The lowest BCUT2D eigenvalue weighted by atomic mass is 10.1. The van der Waals surface area contributed by atoms with E-state index < -0.39 is 6.10 Å². The van der Waals surface area contributed by atoms with Crippen LogP contribution in [-0.2, 0) is 17.8 Å². The zero-order valence-electron chi connectivity index (χ0n) is 19.4. The van der Waals surface area contributed by atoms with Crippen LogP contribution in [-0.4, -0.2) is 44.8 Å². The number of fused-ring (bicyclic) bond motifs is 1. The summed E-state index contributed by atoms with van der Waals surface area (Å²) in [6.07, 6.45) is 0.902. The van der Waals surface area contributed by atoms with Crippen LogP contribution in [0.25, 0.3) is 21.3 Å². The Morgan fingerprint density at radius 3 is 2.71 bits per heavy atom. The van der Waals surface area contributed by atoms with Gasteiger partial charge >= 0.3 is 0 Å². The standard InChI is InChI=1S/C25H28ClN3O4S/c1-25(2,3)33-14-16(30)11-29(12-17-7-6-10-32-17)13-21-27-23(31)22-19(15-34-24(22)28-21)18-8-4-5-9-20(18)26/h4-10,15-16,30H,11-14H2,1-3H3,(H,27,28,31)/t16-/m1/s1. The van der Waals surface area contributed by atoms with Crippen molar-refractivity contribution in [3.05, 3.63) is 75.0 Å². The van der Waals surface area contributed by atoms with Crippen molar-refractivity contribution in [3.8, 4) is 11.1 Å². The Labute approximate surface area is 207 Å². The van der Waals surface area contributed by atoms with E-state index in [0.29, 0.717) is 40.7 Å². The minimum atomic E-state index is -0.710. The molecule has 2 N–H and O–H groups in total. The molecular weight excluding hydrogens is 474 g/mol. The first-order valence-corrected chi connectivity index (χ1v) is 12.3. The van der Waals surface area contributed by atoms with Gasteiger partial charge in [-0.3, -0.25) is 9.69 Å². The van der Waals surface area contributed by atoms with Crippen molar-refractivity contribution < 1.29 is 14.3 Å². The molecule has 0 saturated heterocycles. The molecule has 180 valence electrons. The van der Waals surface area contributed by atoms with E-state index in [4.69, 9.17) is 25.7 Å². The van der Waals surface area contributed by atoms with Gasteiger partial charge in [0.2, 0.25) is 0 Å². The maximum atomic E-state index is 13.1. The monoisotopic (exact) mass is 501 g/mol. The third-order valence-electron chi connectivity index (χ3n) is 5.17. The van der Waals surface area contributed by atoms with Crippen LogP contribution in [0.5, 0.6) is 0 Å². The Morgan fingerprint density at radius 2 is 2.00 bits per heavy atom. The van der Waals surface area contributed by atoms with Crippen LogP contribution in [0.1, 0.15) is 32.4 Å². The summed E-state index contributed by atoms with van der Waals surface area (Å²) in [6.45, 7) is 7.15. The van der Waals surface area contributed by atoms with Crippen LogP contribution in [0, 0.1) is 0 Å². The molecular formula is C25H28ClN3O4S. The highest BCUT2D eigenvalue weighted by molar-refractivity contribution is 7.17. The SMILES string of the molecule is CC(C)(C)OC[C@H](O)CN(Cc1nc2scc(-c3ccccc3Cl)c2c(=O)[nH]1)Cc1ccco1. The number of ether oxygens (including phenoxy) is 1. The number of aromatic nitrogens is 2. The topological polar surface area (TPSA) is 91.6 Å². The average Bonchev–Trinajstić information content (AvgIpc) is 3.42. The summed E-state index contributed by atoms with van der Waals surface area (Å²) < 4.78 is 11.2. The van der Waals surface area contributed by atoms with Crippen LogP contribution < -0.4 is 5.56 Å². The lowest BCUT2D eigenvalue weighted by Crippen LogP contribution is -2.37. The summed E-state index contributed by atoms with van der Waals surface area (Å²) in [6, 6.07) is 11.1. The number of halogens is 1. The molecule has 1 atom stereocenters. The number of rotatable bonds is 9. The summed E-state index contributed by atoms with van der Waals surface area (Å²) in [5, 5.41) is 13.6. The fourth-order valence-corrected chi connectivity index (χ4v) is 4.86. The van der Waals surface area contributed by atoms with Gasteiger partial charge in [-0.05, 0) is 39.0 Å². The van der Waals surface area contributed by atoms with Crippen LogP contribution >= 0.6 is 22.9 Å². The second-order valence-corrected chi connectivity index (χ2v) is 10.4. The van der Waals surface area contributed by atoms with Crippen molar-refractivity contribution >= 4 is 33.2 Å². The molecule has 0 bridgehead atoms. The zero-order valence-corrected chi connectivity index (χ0v) is 20.9. The van der Waals surface area contributed by atoms with Crippen LogP contribution in [0.4, 0.5) is 0 Å². The summed E-state index contributed by atoms with van der Waals surface area (Å²) in [7, 11) is 0. The van der Waals surface area contributed by atoms with Gasteiger partial charge in [-0.2, -0.15) is 0 Å². The Morgan fingerprint density at radius 1 is 1.21 bits per heavy atom. The van der Waals surface area contributed by atoms with E-state index in [2.05, 4.69) is 4.98 Å². The van der Waals surface area contributed by atoms with Gasteiger partial charge in [0.1, 0.15) is 16.4 Å². The smallest absolute Gasteiger partial charge is 0.260 e. The highest BCUT2D eigenvalue weighted by atomic mass is 35.5. The quantitative estimate of drug-likeness (QED) is 0.332. The van der Waals surface area contributed by atoms with Crippen molar-refractivity contribution in [2.24, 2.45) is 0 Å². The predicted molar refractivity (Wildman–Crippen MR) is 135 cm³/mol. The van der Waals surface area contributed by atoms with E-state index in [0.717, 1.165) is 16.9 Å². The third-order valence-corrected chi connectivity index (χ3v) is 6.37. The largest absolute Gasteiger partial charge is 0.468 e. The van der Waals surface area contributed by atoms with Crippen LogP contribution in [0.3, 0.4) is 0 Å². The van der Waals surface area contributed by atoms with Crippen molar-refractivity contribution in [1.29, 1.82) is 0 Å². The van der Waals surface area contributed by atoms with Gasteiger partial charge in [-0.1, -0.05) is 29.8 Å². The second-order valence-electron chi connectivity index (χ2n) is 9.15. The summed E-state index contributed by atoms with van der Waals surface area (Å²) in [5.41, 5.74) is 1.01. The molecule has 4 aromatic rings. The number of aliphatic hydroxyl groups is 1. The first-order valence-electron chi connectivity index (χ1n) is 11.0. The first-order chi connectivity index (χ1) is 16.2. The average molecular weight is 502 g/mol. The maximum Gasteiger partial charge on any atom is 0.260 e. The predicted octanol–water partition coefficient (Wildman–Crippen LogP) is 5.08. The fraction of sp³-hybridized carbons (Fsp3) is 0.360. The molecule has 1 aromatic carbocycles. The summed E-state index contributed by atoms with van der Waals surface area (Å²) in [4.78, 5) is 23.3. The molecule has 7 nitrogen and oxygen atoms in total. The number of H-pyrrole nitrogens is 1. The van der Waals surface area contributed by atoms with Gasteiger partial charge in [0.25, 0.3) is 5.56 Å². The number of benzene rings is 1. The molecule has 0 aliphatic rings. The van der Waals surface area contributed by atoms with E-state index in [1.165, 1.54) is 11.3 Å². The van der Waals surface area contributed by atoms with E-state index >= 15 is 0 Å². The van der Waals surface area contributed by atoms with E-state index in [1.807, 2.05) is 61.4 Å². The minimum absolute atomic E-state index is 0.202. The molecule has 3 heterocycles. The van der Waals surface area contributed by atoms with Crippen molar-refractivity contribution in [1.82, 2.24) is 14.9 Å². The minimum Gasteiger partial charge on any atom is -0.468 e. The maximum absolute atomic E-state index is 13.1. The molecule has 4 rings (SSSR count). The number of hydrogen-bond donors (Lipinski definition) is 2. The number of hydrogen-bond acceptors (Lipinski definition) is 7. The Bertz CT molecular complexity index is 1290. The molecule has 0 radical (unpaired) electrons. The van der Waals surface area contributed by atoms with E-state index in [-0.39, 0.29) is 17.8 Å². The van der Waals surface area contributed by atoms with Gasteiger partial charge in [0, 0.05) is 28.1 Å². The third kappa shape index (κ3) is 6.14. The number of furan rings is 1. The Hall–Kier alpha value is -2.49. The number of aliphatic hydroxyl groups excluding tert-OH is 1. The molecule has 0 aliphatic heterocycles. The molecule has 9 heteroatoms. The fourth-order valence-electron chi connectivity index (χ4n) is 3.66. The Kier molecular flexibility index (Phi) is 7.54. The second kappa shape index (κ2) is 10.4. The molecule has 0 spiro atoms. The van der Waals surface area contributed by atoms with Gasteiger partial charge in [-0.25, -0.2) is 4.98 Å². The normalized spacial score (nSPS) is 13.1. The Balaban J connectivity index is 1.58.